The summed E-state index contributed by atoms with van der Waals surface area (Å²) < 4.78 is 2.09. The third-order valence-electron chi connectivity index (χ3n) is 4.92. The summed E-state index contributed by atoms with van der Waals surface area (Å²) in [5.41, 5.74) is 2.39. The van der Waals surface area contributed by atoms with Crippen LogP contribution in [0.5, 0.6) is 0 Å². The molecule has 5 nitrogen and oxygen atoms in total. The zero-order chi connectivity index (χ0) is 19.9. The highest BCUT2D eigenvalue weighted by Gasteiger charge is 2.23. The summed E-state index contributed by atoms with van der Waals surface area (Å²) >= 11 is 0. The van der Waals surface area contributed by atoms with Crippen molar-refractivity contribution in [3.8, 4) is 0 Å². The largest absolute Gasteiger partial charge is 0.480 e. The van der Waals surface area contributed by atoms with Gasteiger partial charge in [0.2, 0.25) is 0 Å². The van der Waals surface area contributed by atoms with Crippen molar-refractivity contribution < 1.29 is 14.7 Å². The summed E-state index contributed by atoms with van der Waals surface area (Å²) in [5, 5.41) is 13.1. The van der Waals surface area contributed by atoms with E-state index in [0.29, 0.717) is 5.56 Å². The lowest BCUT2D eigenvalue weighted by Gasteiger charge is -2.14. The van der Waals surface area contributed by atoms with Gasteiger partial charge in [-0.3, -0.25) is 4.79 Å². The molecule has 0 bridgehead atoms. The standard InChI is InChI=1S/C23H26N2O3/c1-2-3-9-14-25-16-19(18-12-7-8-13-21(18)25)22(26)24-20(23(27)28)15-17-10-5-4-6-11-17/h4-8,10-13,16,20H,2-3,9,14-15H2,1H3,(H,24,26)(H,27,28). The van der Waals surface area contributed by atoms with Gasteiger partial charge in [-0.15, -0.1) is 0 Å². The summed E-state index contributed by atoms with van der Waals surface area (Å²) in [6, 6.07) is 16.1. The Balaban J connectivity index is 1.82. The first kappa shape index (κ1) is 19.7. The van der Waals surface area contributed by atoms with Crippen molar-refractivity contribution in [3.05, 3.63) is 71.9 Å². The number of benzene rings is 2. The average molecular weight is 378 g/mol. The van der Waals surface area contributed by atoms with Gasteiger partial charge in [0, 0.05) is 30.1 Å². The van der Waals surface area contributed by atoms with Gasteiger partial charge in [0.1, 0.15) is 6.04 Å². The highest BCUT2D eigenvalue weighted by Crippen LogP contribution is 2.22. The minimum Gasteiger partial charge on any atom is -0.480 e. The van der Waals surface area contributed by atoms with Crippen LogP contribution >= 0.6 is 0 Å². The number of hydrogen-bond donors (Lipinski definition) is 2. The topological polar surface area (TPSA) is 71.3 Å². The predicted octanol–water partition coefficient (Wildman–Crippen LogP) is 4.26. The van der Waals surface area contributed by atoms with E-state index in [1.807, 2.05) is 60.8 Å². The van der Waals surface area contributed by atoms with Crippen LogP contribution in [0.15, 0.2) is 60.8 Å². The highest BCUT2D eigenvalue weighted by molar-refractivity contribution is 6.07. The minimum absolute atomic E-state index is 0.247. The third-order valence-corrected chi connectivity index (χ3v) is 4.92. The third kappa shape index (κ3) is 4.60. The van der Waals surface area contributed by atoms with E-state index < -0.39 is 12.0 Å². The Morgan fingerprint density at radius 2 is 1.75 bits per heavy atom. The molecule has 1 unspecified atom stereocenters. The van der Waals surface area contributed by atoms with E-state index in [0.717, 1.165) is 42.3 Å². The van der Waals surface area contributed by atoms with Crippen LogP contribution in [-0.4, -0.2) is 27.6 Å². The molecule has 2 aromatic carbocycles. The van der Waals surface area contributed by atoms with Crippen molar-refractivity contribution in [2.45, 2.75) is 45.2 Å². The normalized spacial score (nSPS) is 12.0. The molecule has 0 aliphatic rings. The fourth-order valence-corrected chi connectivity index (χ4v) is 3.43. The number of nitrogens with one attached hydrogen (secondary N) is 1. The second-order valence-electron chi connectivity index (χ2n) is 7.01. The van der Waals surface area contributed by atoms with Gasteiger partial charge in [0.05, 0.1) is 5.56 Å². The van der Waals surface area contributed by atoms with Gasteiger partial charge in [-0.05, 0) is 18.1 Å². The Morgan fingerprint density at radius 3 is 2.46 bits per heavy atom. The second kappa shape index (κ2) is 9.22. The number of unbranched alkanes of at least 4 members (excludes halogenated alkanes) is 2. The summed E-state index contributed by atoms with van der Waals surface area (Å²) in [5.74, 6) is -1.39. The number of carboxylic acids is 1. The number of carbonyl (C=O) groups is 2. The lowest BCUT2D eigenvalue weighted by Crippen LogP contribution is -2.42. The molecule has 0 spiro atoms. The fourth-order valence-electron chi connectivity index (χ4n) is 3.43. The lowest BCUT2D eigenvalue weighted by atomic mass is 10.1. The molecule has 2 N–H and O–H groups in total. The molecular weight excluding hydrogens is 352 g/mol. The number of aryl methyl sites for hydroxylation is 1. The van der Waals surface area contributed by atoms with Gasteiger partial charge in [0.25, 0.3) is 5.91 Å². The molecule has 1 aromatic heterocycles. The molecule has 0 fully saturated rings. The maximum absolute atomic E-state index is 12.9. The fraction of sp³-hybridized carbons (Fsp3) is 0.304. The summed E-state index contributed by atoms with van der Waals surface area (Å²) in [4.78, 5) is 24.6. The first-order valence-corrected chi connectivity index (χ1v) is 9.75. The Bertz CT molecular complexity index is 947. The molecule has 3 rings (SSSR count). The van der Waals surface area contributed by atoms with Gasteiger partial charge in [-0.2, -0.15) is 0 Å². The molecule has 0 radical (unpaired) electrons. The minimum atomic E-state index is -1.04. The maximum atomic E-state index is 12.9. The van der Waals surface area contributed by atoms with Crippen molar-refractivity contribution in [1.82, 2.24) is 9.88 Å². The zero-order valence-electron chi connectivity index (χ0n) is 16.1. The molecule has 0 aliphatic heterocycles. The summed E-state index contributed by atoms with van der Waals surface area (Å²) in [6.07, 6.45) is 5.40. The number of nitrogens with zero attached hydrogens (tertiary/aromatic N) is 1. The van der Waals surface area contributed by atoms with Crippen LogP contribution in [0.3, 0.4) is 0 Å². The van der Waals surface area contributed by atoms with Gasteiger partial charge < -0.3 is 15.0 Å². The van der Waals surface area contributed by atoms with Crippen molar-refractivity contribution in [3.63, 3.8) is 0 Å². The quantitative estimate of drug-likeness (QED) is 0.547. The number of amides is 1. The summed E-state index contributed by atoms with van der Waals surface area (Å²) in [6.45, 7) is 3.00. The number of hydrogen-bond acceptors (Lipinski definition) is 2. The molecule has 146 valence electrons. The molecule has 5 heteroatoms. The molecule has 3 aromatic rings. The predicted molar refractivity (Wildman–Crippen MR) is 110 cm³/mol. The van der Waals surface area contributed by atoms with Crippen molar-refractivity contribution in [1.29, 1.82) is 0 Å². The molecule has 0 aliphatic carbocycles. The SMILES string of the molecule is CCCCCn1cc(C(=O)NC(Cc2ccccc2)C(=O)O)c2ccccc21. The smallest absolute Gasteiger partial charge is 0.326 e. The van der Waals surface area contributed by atoms with Gasteiger partial charge >= 0.3 is 5.97 Å². The molecule has 1 atom stereocenters. The van der Waals surface area contributed by atoms with Crippen LogP contribution in [0, 0.1) is 0 Å². The lowest BCUT2D eigenvalue weighted by molar-refractivity contribution is -0.139. The number of aromatic nitrogens is 1. The van der Waals surface area contributed by atoms with E-state index >= 15 is 0 Å². The van der Waals surface area contributed by atoms with Crippen LogP contribution in [0.1, 0.15) is 42.1 Å². The van der Waals surface area contributed by atoms with Crippen LogP contribution in [0.2, 0.25) is 0 Å². The second-order valence-corrected chi connectivity index (χ2v) is 7.01. The van der Waals surface area contributed by atoms with Gasteiger partial charge in [0.15, 0.2) is 0 Å². The molecule has 28 heavy (non-hydrogen) atoms. The van der Waals surface area contributed by atoms with Gasteiger partial charge in [-0.25, -0.2) is 4.79 Å². The van der Waals surface area contributed by atoms with Crippen molar-refractivity contribution in [2.24, 2.45) is 0 Å². The van der Waals surface area contributed by atoms with Crippen LogP contribution in [0.4, 0.5) is 0 Å². The molecule has 0 saturated heterocycles. The first-order valence-electron chi connectivity index (χ1n) is 9.75. The maximum Gasteiger partial charge on any atom is 0.326 e. The van der Waals surface area contributed by atoms with Crippen molar-refractivity contribution in [2.75, 3.05) is 0 Å². The molecular formula is C23H26N2O3. The van der Waals surface area contributed by atoms with E-state index in [2.05, 4.69) is 16.8 Å². The van der Waals surface area contributed by atoms with E-state index in [9.17, 15) is 14.7 Å². The number of carbonyl (C=O) groups excluding carboxylic acids is 1. The molecule has 1 heterocycles. The van der Waals surface area contributed by atoms with E-state index in [1.165, 1.54) is 0 Å². The van der Waals surface area contributed by atoms with Crippen LogP contribution < -0.4 is 5.32 Å². The monoisotopic (exact) mass is 378 g/mol. The Kier molecular flexibility index (Phi) is 6.48. The van der Waals surface area contributed by atoms with Crippen LogP contribution in [-0.2, 0) is 17.8 Å². The van der Waals surface area contributed by atoms with E-state index in [-0.39, 0.29) is 12.3 Å². The Morgan fingerprint density at radius 1 is 1.04 bits per heavy atom. The first-order chi connectivity index (χ1) is 13.6. The molecule has 1 amide bonds. The molecule has 0 saturated carbocycles. The number of carboxylic acid groups (broad SMARTS) is 1. The number of aliphatic carboxylic acids is 1. The number of rotatable bonds is 9. The van der Waals surface area contributed by atoms with Gasteiger partial charge in [-0.1, -0.05) is 68.3 Å². The number of para-hydroxylation sites is 1. The van der Waals surface area contributed by atoms with Crippen LogP contribution in [0.25, 0.3) is 10.9 Å². The van der Waals surface area contributed by atoms with E-state index in [4.69, 9.17) is 0 Å². The Hall–Kier alpha value is -3.08. The van der Waals surface area contributed by atoms with E-state index in [1.54, 1.807) is 0 Å². The zero-order valence-corrected chi connectivity index (χ0v) is 16.1. The highest BCUT2D eigenvalue weighted by atomic mass is 16.4. The Labute approximate surface area is 165 Å². The average Bonchev–Trinajstić information content (AvgIpc) is 3.07. The summed E-state index contributed by atoms with van der Waals surface area (Å²) in [7, 11) is 0. The number of fused-ring (bicyclic) bond motifs is 1. The van der Waals surface area contributed by atoms with Crippen molar-refractivity contribution >= 4 is 22.8 Å².